The van der Waals surface area contributed by atoms with E-state index >= 15 is 0 Å². The normalized spacial score (nSPS) is 15.3. The number of esters is 1. The molecular weight excluding hydrogens is 524 g/mol. The Hall–Kier alpha value is -2.87. The van der Waals surface area contributed by atoms with E-state index in [9.17, 15) is 14.4 Å². The summed E-state index contributed by atoms with van der Waals surface area (Å²) in [6.07, 6.45) is 5.54. The highest BCUT2D eigenvalue weighted by Crippen LogP contribution is 2.27. The molecule has 1 aliphatic rings. The molecule has 1 aliphatic heterocycles. The molecule has 0 saturated carbocycles. The van der Waals surface area contributed by atoms with Crippen molar-refractivity contribution in [3.8, 4) is 5.75 Å². The van der Waals surface area contributed by atoms with Gasteiger partial charge in [0, 0.05) is 17.6 Å². The topological polar surface area (TPSA) is 84.9 Å². The van der Waals surface area contributed by atoms with Gasteiger partial charge >= 0.3 is 5.97 Å². The van der Waals surface area contributed by atoms with Gasteiger partial charge in [-0.3, -0.25) is 14.4 Å². The van der Waals surface area contributed by atoms with E-state index in [-0.39, 0.29) is 24.8 Å². The lowest BCUT2D eigenvalue weighted by Crippen LogP contribution is -2.57. The summed E-state index contributed by atoms with van der Waals surface area (Å²) < 4.78 is 12.1. The number of ether oxygens (including phenoxy) is 2. The first-order valence-corrected chi connectivity index (χ1v) is 13.5. The molecule has 7 nitrogen and oxygen atoms in total. The lowest BCUT2D eigenvalue weighted by molar-refractivity contribution is -0.147. The third kappa shape index (κ3) is 8.36. The molecule has 1 atom stereocenters. The van der Waals surface area contributed by atoms with E-state index in [4.69, 9.17) is 9.47 Å². The minimum atomic E-state index is -0.927. The van der Waals surface area contributed by atoms with Gasteiger partial charge in [0.25, 0.3) is 5.91 Å². The standard InChI is InChI=1S/C28H35BrN2O5/c1-2-3-4-8-17-35-25-14-13-22(29)19-23(25)28(34)31-16-15-30-27(33)24(31)20-26(32)36-18-9-12-21-10-6-5-7-11-21/h5-7,10-11,13-14,19,24H,2-4,8-9,12,15-18,20H2,1H3,(H,30,33). The number of aryl methyl sites for hydroxylation is 1. The van der Waals surface area contributed by atoms with Crippen LogP contribution in [0.25, 0.3) is 0 Å². The number of hydrogen-bond donors (Lipinski definition) is 1. The first-order chi connectivity index (χ1) is 17.5. The van der Waals surface area contributed by atoms with Crippen LogP contribution in [0.15, 0.2) is 53.0 Å². The van der Waals surface area contributed by atoms with Gasteiger partial charge in [0.05, 0.1) is 25.2 Å². The lowest BCUT2D eigenvalue weighted by atomic mass is 10.1. The van der Waals surface area contributed by atoms with E-state index in [1.165, 1.54) is 10.5 Å². The molecule has 8 heteroatoms. The second-order valence-corrected chi connectivity index (χ2v) is 9.78. The number of halogens is 1. The summed E-state index contributed by atoms with van der Waals surface area (Å²) in [6.45, 7) is 3.56. The molecule has 0 radical (unpaired) electrons. The molecule has 1 heterocycles. The van der Waals surface area contributed by atoms with E-state index in [2.05, 4.69) is 28.2 Å². The van der Waals surface area contributed by atoms with Crippen LogP contribution in [0.3, 0.4) is 0 Å². The third-order valence-corrected chi connectivity index (χ3v) is 6.59. The fraction of sp³-hybridized carbons (Fsp3) is 0.464. The largest absolute Gasteiger partial charge is 0.493 e. The fourth-order valence-electron chi connectivity index (χ4n) is 4.15. The molecule has 1 fully saturated rings. The number of piperazine rings is 1. The van der Waals surface area contributed by atoms with Gasteiger partial charge in [0.1, 0.15) is 11.8 Å². The summed E-state index contributed by atoms with van der Waals surface area (Å²) in [5, 5.41) is 2.76. The van der Waals surface area contributed by atoms with Gasteiger partial charge in [-0.2, -0.15) is 0 Å². The third-order valence-electron chi connectivity index (χ3n) is 6.09. The Labute approximate surface area is 221 Å². The van der Waals surface area contributed by atoms with Crippen molar-refractivity contribution < 1.29 is 23.9 Å². The van der Waals surface area contributed by atoms with Gasteiger partial charge in [0.15, 0.2) is 0 Å². The van der Waals surface area contributed by atoms with Crippen molar-refractivity contribution in [3.05, 3.63) is 64.1 Å². The van der Waals surface area contributed by atoms with E-state index in [0.29, 0.717) is 37.4 Å². The van der Waals surface area contributed by atoms with Crippen LogP contribution in [-0.4, -0.2) is 55.0 Å². The van der Waals surface area contributed by atoms with Crippen molar-refractivity contribution in [1.29, 1.82) is 0 Å². The first kappa shape index (κ1) is 27.7. The number of carbonyl (C=O) groups is 3. The summed E-state index contributed by atoms with van der Waals surface area (Å²) in [4.78, 5) is 40.2. The predicted octanol–water partition coefficient (Wildman–Crippen LogP) is 4.91. The van der Waals surface area contributed by atoms with Gasteiger partial charge in [-0.15, -0.1) is 0 Å². The Kier molecular flexibility index (Phi) is 11.3. The van der Waals surface area contributed by atoms with Crippen LogP contribution in [0, 0.1) is 0 Å². The second kappa shape index (κ2) is 14.6. The van der Waals surface area contributed by atoms with E-state index in [1.807, 2.05) is 36.4 Å². The molecule has 1 saturated heterocycles. The fourth-order valence-corrected chi connectivity index (χ4v) is 4.51. The van der Waals surface area contributed by atoms with Crippen LogP contribution >= 0.6 is 15.9 Å². The minimum absolute atomic E-state index is 0.190. The molecule has 194 valence electrons. The maximum absolute atomic E-state index is 13.6. The summed E-state index contributed by atoms with van der Waals surface area (Å²) in [5.74, 6) is -0.707. The van der Waals surface area contributed by atoms with Gasteiger partial charge in [-0.25, -0.2) is 0 Å². The SMILES string of the molecule is CCCCCCOc1ccc(Br)cc1C(=O)N1CCNC(=O)C1CC(=O)OCCCc1ccccc1. The van der Waals surface area contributed by atoms with Crippen LogP contribution in [-0.2, 0) is 20.7 Å². The van der Waals surface area contributed by atoms with Crippen molar-refractivity contribution in [1.82, 2.24) is 10.2 Å². The van der Waals surface area contributed by atoms with Crippen LogP contribution < -0.4 is 10.1 Å². The number of carbonyl (C=O) groups excluding carboxylic acids is 3. The molecule has 0 bridgehead atoms. The molecule has 2 amide bonds. The Bertz CT molecular complexity index is 1010. The number of amides is 2. The molecule has 0 aromatic heterocycles. The molecule has 36 heavy (non-hydrogen) atoms. The average Bonchev–Trinajstić information content (AvgIpc) is 2.88. The summed E-state index contributed by atoms with van der Waals surface area (Å²) >= 11 is 3.43. The summed E-state index contributed by atoms with van der Waals surface area (Å²) in [7, 11) is 0. The molecule has 2 aromatic carbocycles. The smallest absolute Gasteiger partial charge is 0.308 e. The molecular formula is C28H35BrN2O5. The van der Waals surface area contributed by atoms with Crippen molar-refractivity contribution in [3.63, 3.8) is 0 Å². The van der Waals surface area contributed by atoms with Crippen molar-refractivity contribution in [2.24, 2.45) is 0 Å². The van der Waals surface area contributed by atoms with Gasteiger partial charge in [0.2, 0.25) is 5.91 Å². The number of unbranched alkanes of at least 4 members (excludes halogenated alkanes) is 3. The van der Waals surface area contributed by atoms with E-state index < -0.39 is 12.0 Å². The number of rotatable bonds is 13. The molecule has 0 spiro atoms. The lowest BCUT2D eigenvalue weighted by Gasteiger charge is -2.35. The zero-order valence-corrected chi connectivity index (χ0v) is 22.4. The summed E-state index contributed by atoms with van der Waals surface area (Å²) in [6, 6.07) is 14.3. The van der Waals surface area contributed by atoms with E-state index in [1.54, 1.807) is 12.1 Å². The quantitative estimate of drug-likeness (QED) is 0.279. The zero-order valence-electron chi connectivity index (χ0n) is 20.8. The zero-order chi connectivity index (χ0) is 25.8. The van der Waals surface area contributed by atoms with Crippen LogP contribution in [0.4, 0.5) is 0 Å². The minimum Gasteiger partial charge on any atom is -0.493 e. The molecule has 3 rings (SSSR count). The Morgan fingerprint density at radius 2 is 1.86 bits per heavy atom. The summed E-state index contributed by atoms with van der Waals surface area (Å²) in [5.41, 5.74) is 1.55. The maximum atomic E-state index is 13.6. The highest BCUT2D eigenvalue weighted by atomic mass is 79.9. The van der Waals surface area contributed by atoms with Crippen LogP contribution in [0.1, 0.15) is 61.4 Å². The van der Waals surface area contributed by atoms with Crippen molar-refractivity contribution in [2.75, 3.05) is 26.3 Å². The number of nitrogens with one attached hydrogen (secondary N) is 1. The van der Waals surface area contributed by atoms with Crippen LogP contribution in [0.5, 0.6) is 5.75 Å². The maximum Gasteiger partial charge on any atom is 0.308 e. The molecule has 1 unspecified atom stereocenters. The number of hydrogen-bond acceptors (Lipinski definition) is 5. The Balaban J connectivity index is 1.61. The monoisotopic (exact) mass is 558 g/mol. The number of benzene rings is 2. The van der Waals surface area contributed by atoms with Gasteiger partial charge in [-0.05, 0) is 43.0 Å². The van der Waals surface area contributed by atoms with Crippen molar-refractivity contribution >= 4 is 33.7 Å². The average molecular weight is 560 g/mol. The highest BCUT2D eigenvalue weighted by molar-refractivity contribution is 9.10. The van der Waals surface area contributed by atoms with Crippen molar-refractivity contribution in [2.45, 2.75) is 57.9 Å². The van der Waals surface area contributed by atoms with E-state index in [0.717, 1.165) is 36.6 Å². The predicted molar refractivity (Wildman–Crippen MR) is 142 cm³/mol. The highest BCUT2D eigenvalue weighted by Gasteiger charge is 2.36. The Morgan fingerprint density at radius 3 is 2.64 bits per heavy atom. The molecule has 2 aromatic rings. The first-order valence-electron chi connectivity index (χ1n) is 12.7. The Morgan fingerprint density at radius 1 is 1.06 bits per heavy atom. The molecule has 0 aliphatic carbocycles. The molecule has 1 N–H and O–H groups in total. The number of nitrogens with zero attached hydrogens (tertiary/aromatic N) is 1. The van der Waals surface area contributed by atoms with Gasteiger partial charge < -0.3 is 19.7 Å². The van der Waals surface area contributed by atoms with Gasteiger partial charge in [-0.1, -0.05) is 72.4 Å². The second-order valence-electron chi connectivity index (χ2n) is 8.87. The van der Waals surface area contributed by atoms with Crippen LogP contribution in [0.2, 0.25) is 0 Å².